The summed E-state index contributed by atoms with van der Waals surface area (Å²) in [5.74, 6) is -2.94. The van der Waals surface area contributed by atoms with Gasteiger partial charge < -0.3 is 15.4 Å². The molecule has 1 saturated heterocycles. The lowest BCUT2D eigenvalue weighted by Gasteiger charge is -2.24. The van der Waals surface area contributed by atoms with Crippen molar-refractivity contribution in [3.63, 3.8) is 0 Å². The second-order valence-electron chi connectivity index (χ2n) is 6.74. The van der Waals surface area contributed by atoms with Gasteiger partial charge in [0.25, 0.3) is 11.7 Å². The van der Waals surface area contributed by atoms with Gasteiger partial charge >= 0.3 is 0 Å². The van der Waals surface area contributed by atoms with Crippen molar-refractivity contribution in [2.75, 3.05) is 13.2 Å². The molecule has 0 radical (unpaired) electrons. The Labute approximate surface area is 164 Å². The molecule has 1 aliphatic rings. The number of ketones is 1. The third-order valence-electron chi connectivity index (χ3n) is 4.16. The molecule has 10 heteroatoms. The molecule has 28 heavy (non-hydrogen) atoms. The largest absolute Gasteiger partial charge is 0.351 e. The number of carbonyl (C=O) groups excluding carboxylic acids is 3. The topological polar surface area (TPSA) is 131 Å². The molecule has 3 N–H and O–H groups in total. The van der Waals surface area contributed by atoms with E-state index in [1.807, 2.05) is 0 Å². The van der Waals surface area contributed by atoms with E-state index in [0.717, 1.165) is 0 Å². The molecular weight excluding hydrogens is 386 g/mol. The van der Waals surface area contributed by atoms with Crippen molar-refractivity contribution < 1.29 is 27.5 Å². The van der Waals surface area contributed by atoms with Crippen molar-refractivity contribution in [2.24, 2.45) is 5.92 Å². The lowest BCUT2D eigenvalue weighted by atomic mass is 10.0. The Morgan fingerprint density at radius 1 is 1.18 bits per heavy atom. The predicted octanol–water partition coefficient (Wildman–Crippen LogP) is -0.0725. The van der Waals surface area contributed by atoms with Gasteiger partial charge in [-0.15, -0.1) is 0 Å². The number of sulfonamides is 1. The van der Waals surface area contributed by atoms with E-state index in [1.165, 1.54) is 12.1 Å². The standard InChI is InChI=1S/C18H25N3O6S/c1-12(2)14(21-28(25,26)13-8-4-3-5-9-13)16(23)20-18-15(22)17(24)19-10-6-7-11-27-18/h3-5,8-9,12,14,18,21H,6-7,10-11H2,1-2H3,(H,19,24)(H,20,23). The summed E-state index contributed by atoms with van der Waals surface area (Å²) in [5, 5.41) is 4.81. The number of hydrogen-bond acceptors (Lipinski definition) is 6. The van der Waals surface area contributed by atoms with Gasteiger partial charge in [0.05, 0.1) is 4.90 Å². The van der Waals surface area contributed by atoms with Crippen LogP contribution in [-0.2, 0) is 29.1 Å². The normalized spacial score (nSPS) is 19.9. The molecule has 0 aliphatic carbocycles. The van der Waals surface area contributed by atoms with E-state index in [1.54, 1.807) is 32.0 Å². The zero-order chi connectivity index (χ0) is 20.7. The van der Waals surface area contributed by atoms with Crippen molar-refractivity contribution in [2.45, 2.75) is 43.9 Å². The van der Waals surface area contributed by atoms with Gasteiger partial charge in [0.2, 0.25) is 15.9 Å². The molecule has 1 aliphatic heterocycles. The van der Waals surface area contributed by atoms with E-state index in [4.69, 9.17) is 4.74 Å². The smallest absolute Gasteiger partial charge is 0.292 e. The van der Waals surface area contributed by atoms with E-state index in [0.29, 0.717) is 19.4 Å². The third-order valence-corrected chi connectivity index (χ3v) is 5.62. The molecule has 2 atom stereocenters. The van der Waals surface area contributed by atoms with E-state index in [2.05, 4.69) is 15.4 Å². The summed E-state index contributed by atoms with van der Waals surface area (Å²) in [7, 11) is -3.95. The minimum atomic E-state index is -3.95. The van der Waals surface area contributed by atoms with Crippen molar-refractivity contribution in [1.82, 2.24) is 15.4 Å². The fraction of sp³-hybridized carbons (Fsp3) is 0.500. The fourth-order valence-electron chi connectivity index (χ4n) is 2.57. The van der Waals surface area contributed by atoms with Crippen LogP contribution in [0.4, 0.5) is 0 Å². The van der Waals surface area contributed by atoms with E-state index < -0.39 is 45.8 Å². The first-order chi connectivity index (χ1) is 13.2. The number of benzene rings is 1. The summed E-state index contributed by atoms with van der Waals surface area (Å²) in [4.78, 5) is 36.7. The number of hydrogen-bond donors (Lipinski definition) is 3. The van der Waals surface area contributed by atoms with Crippen LogP contribution >= 0.6 is 0 Å². The quantitative estimate of drug-likeness (QED) is 0.562. The second kappa shape index (κ2) is 9.76. The van der Waals surface area contributed by atoms with E-state index in [9.17, 15) is 22.8 Å². The van der Waals surface area contributed by atoms with Crippen molar-refractivity contribution in [3.05, 3.63) is 30.3 Å². The second-order valence-corrected chi connectivity index (χ2v) is 8.46. The van der Waals surface area contributed by atoms with Crippen molar-refractivity contribution in [3.8, 4) is 0 Å². The van der Waals surface area contributed by atoms with Crippen LogP contribution in [0.15, 0.2) is 35.2 Å². The lowest BCUT2D eigenvalue weighted by molar-refractivity contribution is -0.148. The third kappa shape index (κ3) is 5.85. The highest BCUT2D eigenvalue weighted by Crippen LogP contribution is 2.12. The first-order valence-corrected chi connectivity index (χ1v) is 10.5. The maximum absolute atomic E-state index is 12.7. The number of ether oxygens (including phenoxy) is 1. The molecule has 0 saturated carbocycles. The van der Waals surface area contributed by atoms with Gasteiger partial charge in [-0.1, -0.05) is 32.0 Å². The van der Waals surface area contributed by atoms with Crippen LogP contribution in [0.5, 0.6) is 0 Å². The highest BCUT2D eigenvalue weighted by atomic mass is 32.2. The summed E-state index contributed by atoms with van der Waals surface area (Å²) in [5.41, 5.74) is 0. The minimum Gasteiger partial charge on any atom is -0.351 e. The highest BCUT2D eigenvalue weighted by molar-refractivity contribution is 7.89. The molecule has 9 nitrogen and oxygen atoms in total. The SMILES string of the molecule is CC(C)C(NS(=O)(=O)c1ccccc1)C(=O)NC1OCCCCNC(=O)C1=O. The van der Waals surface area contributed by atoms with Gasteiger partial charge in [-0.05, 0) is 30.9 Å². The number of carbonyl (C=O) groups is 3. The highest BCUT2D eigenvalue weighted by Gasteiger charge is 2.33. The van der Waals surface area contributed by atoms with Crippen LogP contribution in [0.3, 0.4) is 0 Å². The average molecular weight is 411 g/mol. The molecule has 2 amide bonds. The molecule has 1 heterocycles. The molecular formula is C18H25N3O6S. The number of Topliss-reactive ketones (excluding diaryl/α,β-unsaturated/α-hetero) is 1. The Balaban J connectivity index is 2.15. The Bertz CT molecular complexity index is 810. The summed E-state index contributed by atoms with van der Waals surface area (Å²) in [6.45, 7) is 3.86. The van der Waals surface area contributed by atoms with Gasteiger partial charge in [-0.25, -0.2) is 8.42 Å². The molecule has 0 aromatic heterocycles. The van der Waals surface area contributed by atoms with Crippen LogP contribution in [0.25, 0.3) is 0 Å². The Morgan fingerprint density at radius 2 is 1.86 bits per heavy atom. The monoisotopic (exact) mass is 411 g/mol. The number of rotatable bonds is 6. The van der Waals surface area contributed by atoms with Gasteiger partial charge in [0.1, 0.15) is 6.04 Å². The summed E-state index contributed by atoms with van der Waals surface area (Å²) >= 11 is 0. The van der Waals surface area contributed by atoms with E-state index in [-0.39, 0.29) is 11.5 Å². The lowest BCUT2D eigenvalue weighted by Crippen LogP contribution is -2.56. The molecule has 0 spiro atoms. The maximum Gasteiger partial charge on any atom is 0.292 e. The Kier molecular flexibility index (Phi) is 7.67. The average Bonchev–Trinajstić information content (AvgIpc) is 2.73. The number of nitrogens with one attached hydrogen (secondary N) is 3. The first-order valence-electron chi connectivity index (χ1n) is 9.04. The minimum absolute atomic E-state index is 0.0163. The predicted molar refractivity (Wildman–Crippen MR) is 101 cm³/mol. The summed E-state index contributed by atoms with van der Waals surface area (Å²) in [6, 6.07) is 6.48. The van der Waals surface area contributed by atoms with Crippen molar-refractivity contribution in [1.29, 1.82) is 0 Å². The van der Waals surface area contributed by atoms with Gasteiger partial charge in [0, 0.05) is 13.2 Å². The summed E-state index contributed by atoms with van der Waals surface area (Å²) < 4.78 is 32.8. The molecule has 1 aromatic carbocycles. The van der Waals surface area contributed by atoms with Crippen LogP contribution < -0.4 is 15.4 Å². The van der Waals surface area contributed by atoms with Gasteiger partial charge in [-0.3, -0.25) is 14.4 Å². The molecule has 2 unspecified atom stereocenters. The molecule has 1 fully saturated rings. The first kappa shape index (κ1) is 22.0. The zero-order valence-corrected chi connectivity index (χ0v) is 16.6. The van der Waals surface area contributed by atoms with E-state index >= 15 is 0 Å². The van der Waals surface area contributed by atoms with Crippen LogP contribution in [0.1, 0.15) is 26.7 Å². The van der Waals surface area contributed by atoms with Crippen LogP contribution in [-0.4, -0.2) is 51.4 Å². The van der Waals surface area contributed by atoms with Gasteiger partial charge in [-0.2, -0.15) is 4.72 Å². The molecule has 1 aromatic rings. The summed E-state index contributed by atoms with van der Waals surface area (Å²) in [6.07, 6.45) is -0.215. The molecule has 154 valence electrons. The van der Waals surface area contributed by atoms with Crippen LogP contribution in [0, 0.1) is 5.92 Å². The van der Waals surface area contributed by atoms with Gasteiger partial charge in [0.15, 0.2) is 6.23 Å². The van der Waals surface area contributed by atoms with Crippen LogP contribution in [0.2, 0.25) is 0 Å². The molecule has 0 bridgehead atoms. The van der Waals surface area contributed by atoms with Crippen molar-refractivity contribution >= 4 is 27.6 Å². The zero-order valence-electron chi connectivity index (χ0n) is 15.8. The number of amides is 2. The molecule has 2 rings (SSSR count). The maximum atomic E-state index is 12.7. The Hall–Kier alpha value is -2.30. The fourth-order valence-corrected chi connectivity index (χ4v) is 3.93. The Morgan fingerprint density at radius 3 is 2.50 bits per heavy atom.